The van der Waals surface area contributed by atoms with Gasteiger partial charge in [-0.1, -0.05) is 23.2 Å². The molecule has 0 aliphatic heterocycles. The van der Waals surface area contributed by atoms with Crippen molar-refractivity contribution in [3.63, 3.8) is 0 Å². The Labute approximate surface area is 115 Å². The molecule has 0 radical (unpaired) electrons. The van der Waals surface area contributed by atoms with Crippen molar-refractivity contribution in [1.82, 2.24) is 5.32 Å². The van der Waals surface area contributed by atoms with Gasteiger partial charge in [-0.05, 0) is 44.3 Å². The minimum atomic E-state index is 0.353. The van der Waals surface area contributed by atoms with Crippen molar-refractivity contribution in [3.05, 3.63) is 45.3 Å². The normalized spacial score (nSPS) is 12.7. The molecular formula is C13H13Cl2NS. The van der Waals surface area contributed by atoms with Crippen molar-refractivity contribution >= 4 is 34.5 Å². The molecule has 17 heavy (non-hydrogen) atoms. The maximum atomic E-state index is 6.19. The number of rotatable bonds is 3. The van der Waals surface area contributed by atoms with Crippen molar-refractivity contribution in [3.8, 4) is 10.4 Å². The molecule has 0 saturated heterocycles. The molecule has 90 valence electrons. The summed E-state index contributed by atoms with van der Waals surface area (Å²) in [7, 11) is 1.95. The third kappa shape index (κ3) is 2.83. The molecule has 0 fully saturated rings. The topological polar surface area (TPSA) is 12.0 Å². The molecule has 1 unspecified atom stereocenters. The van der Waals surface area contributed by atoms with Gasteiger partial charge in [-0.25, -0.2) is 0 Å². The zero-order valence-electron chi connectivity index (χ0n) is 9.63. The van der Waals surface area contributed by atoms with E-state index in [-0.39, 0.29) is 0 Å². The molecule has 1 heterocycles. The average Bonchev–Trinajstić information content (AvgIpc) is 2.80. The van der Waals surface area contributed by atoms with E-state index in [0.717, 1.165) is 15.5 Å². The fourth-order valence-electron chi connectivity index (χ4n) is 1.56. The van der Waals surface area contributed by atoms with Crippen LogP contribution in [-0.4, -0.2) is 7.05 Å². The molecule has 0 aliphatic carbocycles. The van der Waals surface area contributed by atoms with E-state index < -0.39 is 0 Å². The SMILES string of the molecule is CNC(C)c1ccc(-c2cc(Cl)ccc2Cl)s1. The first kappa shape index (κ1) is 12.9. The summed E-state index contributed by atoms with van der Waals surface area (Å²) < 4.78 is 0. The molecule has 1 nitrogen and oxygen atoms in total. The fraction of sp³-hybridized carbons (Fsp3) is 0.231. The molecular weight excluding hydrogens is 273 g/mol. The van der Waals surface area contributed by atoms with Crippen molar-refractivity contribution in [2.24, 2.45) is 0 Å². The second-order valence-corrected chi connectivity index (χ2v) is 5.80. The number of nitrogens with one attached hydrogen (secondary N) is 1. The highest BCUT2D eigenvalue weighted by atomic mass is 35.5. The Morgan fingerprint density at radius 3 is 2.65 bits per heavy atom. The maximum Gasteiger partial charge on any atom is 0.0493 e. The monoisotopic (exact) mass is 285 g/mol. The van der Waals surface area contributed by atoms with Gasteiger partial charge in [0, 0.05) is 31.4 Å². The van der Waals surface area contributed by atoms with Gasteiger partial charge in [0.15, 0.2) is 0 Å². The van der Waals surface area contributed by atoms with Crippen molar-refractivity contribution in [1.29, 1.82) is 0 Å². The number of halogens is 2. The van der Waals surface area contributed by atoms with E-state index in [1.165, 1.54) is 4.88 Å². The first-order valence-corrected chi connectivity index (χ1v) is 6.91. The highest BCUT2D eigenvalue weighted by molar-refractivity contribution is 7.15. The van der Waals surface area contributed by atoms with Crippen LogP contribution < -0.4 is 5.32 Å². The summed E-state index contributed by atoms with van der Waals surface area (Å²) in [6.45, 7) is 2.13. The van der Waals surface area contributed by atoms with E-state index in [1.807, 2.05) is 19.2 Å². The lowest BCUT2D eigenvalue weighted by Gasteiger charge is -2.06. The third-order valence-electron chi connectivity index (χ3n) is 2.68. The van der Waals surface area contributed by atoms with Crippen LogP contribution in [0.5, 0.6) is 0 Å². The van der Waals surface area contributed by atoms with Crippen molar-refractivity contribution in [2.45, 2.75) is 13.0 Å². The quantitative estimate of drug-likeness (QED) is 0.837. The number of hydrogen-bond donors (Lipinski definition) is 1. The Morgan fingerprint density at radius 2 is 1.94 bits per heavy atom. The van der Waals surface area contributed by atoms with Crippen LogP contribution in [-0.2, 0) is 0 Å². The van der Waals surface area contributed by atoms with Gasteiger partial charge in [-0.3, -0.25) is 0 Å². The molecule has 0 aliphatic rings. The Hall–Kier alpha value is -0.540. The summed E-state index contributed by atoms with van der Waals surface area (Å²) in [4.78, 5) is 2.44. The van der Waals surface area contributed by atoms with Gasteiger partial charge in [0.1, 0.15) is 0 Å². The van der Waals surface area contributed by atoms with Gasteiger partial charge in [-0.15, -0.1) is 11.3 Å². The lowest BCUT2D eigenvalue weighted by Crippen LogP contribution is -2.10. The summed E-state index contributed by atoms with van der Waals surface area (Å²) in [5.41, 5.74) is 0.999. The van der Waals surface area contributed by atoms with Crippen molar-refractivity contribution in [2.75, 3.05) is 7.05 Å². The second kappa shape index (κ2) is 5.40. The zero-order chi connectivity index (χ0) is 12.4. The van der Waals surface area contributed by atoms with Crippen LogP contribution in [0.2, 0.25) is 10.0 Å². The van der Waals surface area contributed by atoms with Crippen LogP contribution in [0.15, 0.2) is 30.3 Å². The average molecular weight is 286 g/mol. The van der Waals surface area contributed by atoms with Crippen LogP contribution >= 0.6 is 34.5 Å². The smallest absolute Gasteiger partial charge is 0.0493 e. The predicted octanol–water partition coefficient (Wildman–Crippen LogP) is 5.00. The zero-order valence-corrected chi connectivity index (χ0v) is 12.0. The molecule has 1 atom stereocenters. The maximum absolute atomic E-state index is 6.19. The Balaban J connectivity index is 2.40. The summed E-state index contributed by atoms with van der Waals surface area (Å²) in [5.74, 6) is 0. The van der Waals surface area contributed by atoms with Crippen LogP contribution in [0.4, 0.5) is 0 Å². The van der Waals surface area contributed by atoms with E-state index in [2.05, 4.69) is 24.4 Å². The third-order valence-corrected chi connectivity index (χ3v) is 4.55. The molecule has 4 heteroatoms. The van der Waals surface area contributed by atoms with Gasteiger partial charge < -0.3 is 5.32 Å². The number of benzene rings is 1. The highest BCUT2D eigenvalue weighted by Gasteiger charge is 2.10. The first-order chi connectivity index (χ1) is 8.11. The molecule has 1 aromatic carbocycles. The lowest BCUT2D eigenvalue weighted by atomic mass is 10.2. The van der Waals surface area contributed by atoms with Gasteiger partial charge in [0.2, 0.25) is 0 Å². The van der Waals surface area contributed by atoms with Crippen molar-refractivity contribution < 1.29 is 0 Å². The molecule has 0 spiro atoms. The number of thiophene rings is 1. The predicted molar refractivity (Wildman–Crippen MR) is 77.2 cm³/mol. The van der Waals surface area contributed by atoms with E-state index in [4.69, 9.17) is 23.2 Å². The standard InChI is InChI=1S/C13H13Cl2NS/c1-8(16-2)12-5-6-13(17-12)10-7-9(14)3-4-11(10)15/h3-8,16H,1-2H3. The minimum Gasteiger partial charge on any atom is -0.313 e. The van der Waals surface area contributed by atoms with Crippen LogP contribution in [0, 0.1) is 0 Å². The second-order valence-electron chi connectivity index (χ2n) is 3.84. The highest BCUT2D eigenvalue weighted by Crippen LogP contribution is 2.36. The summed E-state index contributed by atoms with van der Waals surface area (Å²) in [6, 6.07) is 10.1. The van der Waals surface area contributed by atoms with Gasteiger partial charge in [-0.2, -0.15) is 0 Å². The largest absolute Gasteiger partial charge is 0.313 e. The van der Waals surface area contributed by atoms with Crippen LogP contribution in [0.1, 0.15) is 17.8 Å². The fourth-order valence-corrected chi connectivity index (χ4v) is 3.11. The molecule has 0 amide bonds. The Bertz CT molecular complexity index is 522. The van der Waals surface area contributed by atoms with Crippen LogP contribution in [0.25, 0.3) is 10.4 Å². The molecule has 2 rings (SSSR count). The first-order valence-electron chi connectivity index (χ1n) is 5.34. The molecule has 1 aromatic heterocycles. The lowest BCUT2D eigenvalue weighted by molar-refractivity contribution is 0.664. The summed E-state index contributed by atoms with van der Waals surface area (Å²) >= 11 is 13.9. The van der Waals surface area contributed by atoms with E-state index >= 15 is 0 Å². The minimum absolute atomic E-state index is 0.353. The van der Waals surface area contributed by atoms with Gasteiger partial charge in [0.25, 0.3) is 0 Å². The van der Waals surface area contributed by atoms with E-state index in [1.54, 1.807) is 17.4 Å². The van der Waals surface area contributed by atoms with E-state index in [9.17, 15) is 0 Å². The Morgan fingerprint density at radius 1 is 1.18 bits per heavy atom. The van der Waals surface area contributed by atoms with E-state index in [0.29, 0.717) is 11.1 Å². The summed E-state index contributed by atoms with van der Waals surface area (Å²) in [6.07, 6.45) is 0. The molecule has 0 saturated carbocycles. The number of hydrogen-bond acceptors (Lipinski definition) is 2. The van der Waals surface area contributed by atoms with Gasteiger partial charge in [0.05, 0.1) is 0 Å². The van der Waals surface area contributed by atoms with Crippen LogP contribution in [0.3, 0.4) is 0 Å². The molecule has 0 bridgehead atoms. The van der Waals surface area contributed by atoms with Gasteiger partial charge >= 0.3 is 0 Å². The summed E-state index contributed by atoms with van der Waals surface area (Å²) in [5, 5.41) is 4.67. The molecule has 1 N–H and O–H groups in total. The Kier molecular flexibility index (Phi) is 4.10. The molecule has 2 aromatic rings.